The molecule has 31 heavy (non-hydrogen) atoms. The van der Waals surface area contributed by atoms with Crippen LogP contribution in [0.4, 0.5) is 5.82 Å². The molecule has 0 bridgehead atoms. The SMILES string of the molecule is Cn1cnc2c1CC[C@H]2NC(=O)c1cn(Cc2ccc(N3CC4(CC4)C3)nc2Cl)cn1. The van der Waals surface area contributed by atoms with Gasteiger partial charge >= 0.3 is 0 Å². The molecule has 0 aromatic carbocycles. The van der Waals surface area contributed by atoms with E-state index in [9.17, 15) is 4.79 Å². The van der Waals surface area contributed by atoms with E-state index < -0.39 is 0 Å². The fourth-order valence-corrected chi connectivity index (χ4v) is 5.00. The fraction of sp³-hybridized carbons (Fsp3) is 0.455. The van der Waals surface area contributed by atoms with Crippen LogP contribution in [0.3, 0.4) is 0 Å². The molecular weight excluding hydrogens is 414 g/mol. The van der Waals surface area contributed by atoms with Gasteiger partial charge in [0.15, 0.2) is 0 Å². The van der Waals surface area contributed by atoms with Gasteiger partial charge < -0.3 is 19.4 Å². The molecule has 0 radical (unpaired) electrons. The van der Waals surface area contributed by atoms with Gasteiger partial charge in [-0.1, -0.05) is 17.7 Å². The Labute approximate surface area is 185 Å². The predicted octanol–water partition coefficient (Wildman–Crippen LogP) is 2.73. The van der Waals surface area contributed by atoms with Gasteiger partial charge in [-0.2, -0.15) is 0 Å². The van der Waals surface area contributed by atoms with E-state index in [1.807, 2.05) is 28.3 Å². The van der Waals surface area contributed by atoms with Gasteiger partial charge in [0.1, 0.15) is 16.7 Å². The largest absolute Gasteiger partial charge is 0.355 e. The number of imidazole rings is 2. The summed E-state index contributed by atoms with van der Waals surface area (Å²) < 4.78 is 3.88. The van der Waals surface area contributed by atoms with Gasteiger partial charge in [0.2, 0.25) is 0 Å². The number of halogens is 1. The molecule has 1 amide bonds. The first-order valence-electron chi connectivity index (χ1n) is 10.7. The Kier molecular flexibility index (Phi) is 4.15. The zero-order chi connectivity index (χ0) is 21.2. The van der Waals surface area contributed by atoms with Crippen molar-refractivity contribution in [3.63, 3.8) is 0 Å². The van der Waals surface area contributed by atoms with Gasteiger partial charge in [0.25, 0.3) is 5.91 Å². The summed E-state index contributed by atoms with van der Waals surface area (Å²) in [5.74, 6) is 0.760. The van der Waals surface area contributed by atoms with Crippen molar-refractivity contribution >= 4 is 23.3 Å². The quantitative estimate of drug-likeness (QED) is 0.621. The molecular formula is C22H24ClN7O. The van der Waals surface area contributed by atoms with Crippen LogP contribution in [0.5, 0.6) is 0 Å². The highest BCUT2D eigenvalue weighted by Crippen LogP contribution is 2.53. The van der Waals surface area contributed by atoms with E-state index in [0.29, 0.717) is 22.8 Å². The number of anilines is 1. The molecule has 3 aromatic rings. The van der Waals surface area contributed by atoms with Crippen molar-refractivity contribution in [3.8, 4) is 0 Å². The summed E-state index contributed by atoms with van der Waals surface area (Å²) in [5, 5.41) is 3.57. The van der Waals surface area contributed by atoms with E-state index in [1.165, 1.54) is 18.5 Å². The molecule has 0 unspecified atom stereocenters. The van der Waals surface area contributed by atoms with Crippen LogP contribution in [0, 0.1) is 5.41 Å². The summed E-state index contributed by atoms with van der Waals surface area (Å²) in [5.41, 5.74) is 4.03. The number of aromatic nitrogens is 5. The smallest absolute Gasteiger partial charge is 0.272 e. The maximum Gasteiger partial charge on any atom is 0.272 e. The Morgan fingerprint density at radius 1 is 1.26 bits per heavy atom. The zero-order valence-electron chi connectivity index (χ0n) is 17.4. The highest BCUT2D eigenvalue weighted by molar-refractivity contribution is 6.30. The molecule has 2 fully saturated rings. The lowest BCUT2D eigenvalue weighted by molar-refractivity contribution is 0.0931. The highest BCUT2D eigenvalue weighted by Gasteiger charge is 2.52. The minimum Gasteiger partial charge on any atom is -0.355 e. The summed E-state index contributed by atoms with van der Waals surface area (Å²) in [7, 11) is 1.98. The Morgan fingerprint density at radius 2 is 2.10 bits per heavy atom. The fourth-order valence-electron chi connectivity index (χ4n) is 4.79. The molecule has 1 saturated heterocycles. The number of pyridine rings is 1. The third-order valence-corrected chi connectivity index (χ3v) is 7.19. The van der Waals surface area contributed by atoms with E-state index in [4.69, 9.17) is 11.6 Å². The molecule has 1 spiro atoms. The molecule has 160 valence electrons. The molecule has 2 aliphatic carbocycles. The van der Waals surface area contributed by atoms with E-state index in [1.54, 1.807) is 18.9 Å². The second-order valence-electron chi connectivity index (χ2n) is 9.16. The van der Waals surface area contributed by atoms with Gasteiger partial charge in [-0.3, -0.25) is 4.79 Å². The number of carbonyl (C=O) groups is 1. The van der Waals surface area contributed by atoms with Crippen LogP contribution in [0.15, 0.2) is 31.0 Å². The molecule has 1 N–H and O–H groups in total. The van der Waals surface area contributed by atoms with Crippen LogP contribution >= 0.6 is 11.6 Å². The number of amides is 1. The van der Waals surface area contributed by atoms with Gasteiger partial charge in [0.05, 0.1) is 30.9 Å². The van der Waals surface area contributed by atoms with Gasteiger partial charge in [-0.25, -0.2) is 15.0 Å². The van der Waals surface area contributed by atoms with Crippen LogP contribution in [0.2, 0.25) is 5.15 Å². The highest BCUT2D eigenvalue weighted by atomic mass is 35.5. The molecule has 8 nitrogen and oxygen atoms in total. The molecule has 3 aromatic heterocycles. The number of nitrogens with one attached hydrogen (secondary N) is 1. The minimum atomic E-state index is -0.186. The number of hydrogen-bond acceptors (Lipinski definition) is 5. The topological polar surface area (TPSA) is 80.9 Å². The standard InChI is InChI=1S/C22H24ClN7O/c1-28-12-25-19-15(3-4-17(19)28)26-21(31)16-9-29(13-24-16)8-14-2-5-18(27-20(14)23)30-10-22(11-30)6-7-22/h2,5,9,12-13,15H,3-4,6-8,10-11H2,1H3,(H,26,31)/t15-/m1/s1. The summed E-state index contributed by atoms with van der Waals surface area (Å²) in [6, 6.07) is 3.99. The summed E-state index contributed by atoms with van der Waals surface area (Å²) in [6.45, 7) is 2.71. The number of carbonyl (C=O) groups excluding carboxylic acids is 1. The van der Waals surface area contributed by atoms with E-state index in [2.05, 4.69) is 25.2 Å². The number of hydrogen-bond donors (Lipinski definition) is 1. The summed E-state index contributed by atoms with van der Waals surface area (Å²) in [4.78, 5) is 28.3. The van der Waals surface area contributed by atoms with Crippen molar-refractivity contribution < 1.29 is 4.79 Å². The summed E-state index contributed by atoms with van der Waals surface area (Å²) >= 11 is 6.46. The molecule has 1 aliphatic heterocycles. The zero-order valence-corrected chi connectivity index (χ0v) is 18.1. The lowest BCUT2D eigenvalue weighted by Gasteiger charge is -2.41. The molecule has 9 heteroatoms. The Bertz CT molecular complexity index is 1170. The maximum atomic E-state index is 12.7. The van der Waals surface area contributed by atoms with E-state index in [0.717, 1.165) is 43.0 Å². The first-order chi connectivity index (χ1) is 15.0. The van der Waals surface area contributed by atoms with Crippen molar-refractivity contribution in [2.45, 2.75) is 38.3 Å². The monoisotopic (exact) mass is 437 g/mol. The Morgan fingerprint density at radius 3 is 2.87 bits per heavy atom. The minimum absolute atomic E-state index is 0.0590. The number of rotatable bonds is 5. The lowest BCUT2D eigenvalue weighted by atomic mass is 9.97. The molecule has 1 atom stereocenters. The second kappa shape index (κ2) is 6.82. The number of aryl methyl sites for hydroxylation is 1. The van der Waals surface area contributed by atoms with Gasteiger partial charge in [0, 0.05) is 43.0 Å². The first kappa shape index (κ1) is 18.9. The van der Waals surface area contributed by atoms with Gasteiger partial charge in [-0.05, 0) is 31.7 Å². The van der Waals surface area contributed by atoms with Crippen LogP contribution in [-0.4, -0.2) is 43.1 Å². The lowest BCUT2D eigenvalue weighted by Crippen LogP contribution is -2.48. The van der Waals surface area contributed by atoms with Gasteiger partial charge in [-0.15, -0.1) is 0 Å². The predicted molar refractivity (Wildman–Crippen MR) is 116 cm³/mol. The second-order valence-corrected chi connectivity index (χ2v) is 9.52. The van der Waals surface area contributed by atoms with Crippen molar-refractivity contribution in [2.75, 3.05) is 18.0 Å². The van der Waals surface area contributed by atoms with Crippen LogP contribution in [-0.2, 0) is 20.0 Å². The first-order valence-corrected chi connectivity index (χ1v) is 11.1. The van der Waals surface area contributed by atoms with Crippen molar-refractivity contribution in [1.82, 2.24) is 29.4 Å². The average molecular weight is 438 g/mol. The van der Waals surface area contributed by atoms with Crippen molar-refractivity contribution in [2.24, 2.45) is 12.5 Å². The Hall–Kier alpha value is -2.87. The molecule has 3 aliphatic rings. The molecule has 4 heterocycles. The normalized spacial score (nSPS) is 20.6. The third-order valence-electron chi connectivity index (χ3n) is 6.86. The van der Waals surface area contributed by atoms with Crippen LogP contribution in [0.1, 0.15) is 52.7 Å². The van der Waals surface area contributed by atoms with E-state index >= 15 is 0 Å². The van der Waals surface area contributed by atoms with Crippen LogP contribution in [0.25, 0.3) is 0 Å². The van der Waals surface area contributed by atoms with E-state index in [-0.39, 0.29) is 11.9 Å². The van der Waals surface area contributed by atoms with Crippen LogP contribution < -0.4 is 10.2 Å². The number of nitrogens with zero attached hydrogens (tertiary/aromatic N) is 6. The van der Waals surface area contributed by atoms with Crippen molar-refractivity contribution in [3.05, 3.63) is 58.8 Å². The van der Waals surface area contributed by atoms with Crippen molar-refractivity contribution in [1.29, 1.82) is 0 Å². The Balaban J connectivity index is 1.11. The average Bonchev–Trinajstić information content (AvgIpc) is 3.04. The molecule has 1 saturated carbocycles. The third kappa shape index (κ3) is 3.29. The maximum absolute atomic E-state index is 12.7. The molecule has 6 rings (SSSR count). The number of fused-ring (bicyclic) bond motifs is 1. The summed E-state index contributed by atoms with van der Waals surface area (Å²) in [6.07, 6.45) is 9.68.